The fourth-order valence-electron chi connectivity index (χ4n) is 3.14. The van der Waals surface area contributed by atoms with Gasteiger partial charge in [0, 0.05) is 25.2 Å². The number of likely N-dealkylation sites (tertiary alicyclic amines) is 1. The Labute approximate surface area is 150 Å². The van der Waals surface area contributed by atoms with Gasteiger partial charge in [-0.2, -0.15) is 0 Å². The summed E-state index contributed by atoms with van der Waals surface area (Å²) in [6, 6.07) is 4.64. The molecule has 1 aromatic rings. The number of cyclic esters (lactones) is 1. The molecule has 0 aliphatic carbocycles. The summed E-state index contributed by atoms with van der Waals surface area (Å²) in [5.41, 5.74) is 0.540. The van der Waals surface area contributed by atoms with Crippen LogP contribution in [0.15, 0.2) is 18.2 Å². The Morgan fingerprint density at radius 1 is 1.19 bits per heavy atom. The summed E-state index contributed by atoms with van der Waals surface area (Å²) in [5.74, 6) is 0.807. The number of amides is 4. The fraction of sp³-hybridized carbons (Fsp3) is 0.471. The number of benzene rings is 1. The molecule has 1 aromatic carbocycles. The Morgan fingerprint density at radius 2 is 1.92 bits per heavy atom. The normalized spacial score (nSPS) is 17.9. The number of hydrogen-bond acceptors (Lipinski definition) is 6. The molecule has 2 heterocycles. The number of rotatable bonds is 4. The minimum atomic E-state index is -0.596. The van der Waals surface area contributed by atoms with Crippen molar-refractivity contribution in [3.63, 3.8) is 0 Å². The van der Waals surface area contributed by atoms with Crippen LogP contribution in [-0.2, 0) is 9.53 Å². The summed E-state index contributed by atoms with van der Waals surface area (Å²) < 4.78 is 15.2. The van der Waals surface area contributed by atoms with Crippen molar-refractivity contribution in [2.75, 3.05) is 39.2 Å². The molecular weight excluding hydrogens is 342 g/mol. The molecule has 26 heavy (non-hydrogen) atoms. The summed E-state index contributed by atoms with van der Waals surface area (Å²) in [5, 5.41) is 2.82. The molecule has 140 valence electrons. The molecule has 2 aliphatic heterocycles. The molecule has 9 heteroatoms. The third-order valence-corrected chi connectivity index (χ3v) is 4.55. The number of carbonyl (C=O) groups is 3. The number of carbonyl (C=O) groups excluding carboxylic acids is 3. The molecule has 0 atom stereocenters. The van der Waals surface area contributed by atoms with Crippen molar-refractivity contribution < 1.29 is 28.6 Å². The van der Waals surface area contributed by atoms with E-state index >= 15 is 0 Å². The van der Waals surface area contributed by atoms with Crippen LogP contribution in [0, 0.1) is 0 Å². The van der Waals surface area contributed by atoms with Gasteiger partial charge >= 0.3 is 12.1 Å². The van der Waals surface area contributed by atoms with Crippen LogP contribution >= 0.6 is 0 Å². The topological polar surface area (TPSA) is 97.4 Å². The van der Waals surface area contributed by atoms with Gasteiger partial charge in [-0.15, -0.1) is 0 Å². The van der Waals surface area contributed by atoms with E-state index < -0.39 is 6.09 Å². The van der Waals surface area contributed by atoms with Gasteiger partial charge in [0.05, 0.1) is 19.9 Å². The number of methoxy groups -OCH3 is 2. The lowest BCUT2D eigenvalue weighted by Gasteiger charge is -2.34. The second-order valence-electron chi connectivity index (χ2n) is 6.03. The third kappa shape index (κ3) is 3.51. The highest BCUT2D eigenvalue weighted by Gasteiger charge is 2.39. The summed E-state index contributed by atoms with van der Waals surface area (Å²) in [6.07, 6.45) is 0.447. The van der Waals surface area contributed by atoms with Crippen molar-refractivity contribution in [1.82, 2.24) is 9.80 Å². The van der Waals surface area contributed by atoms with Gasteiger partial charge in [-0.05, 0) is 25.0 Å². The predicted molar refractivity (Wildman–Crippen MR) is 91.4 cm³/mol. The number of urea groups is 1. The zero-order valence-electron chi connectivity index (χ0n) is 14.7. The lowest BCUT2D eigenvalue weighted by molar-refractivity contribution is -0.127. The molecule has 2 fully saturated rings. The van der Waals surface area contributed by atoms with E-state index in [-0.39, 0.29) is 24.6 Å². The first-order valence-corrected chi connectivity index (χ1v) is 8.30. The smallest absolute Gasteiger partial charge is 0.417 e. The van der Waals surface area contributed by atoms with Gasteiger partial charge in [0.2, 0.25) is 0 Å². The zero-order valence-corrected chi connectivity index (χ0v) is 14.7. The third-order valence-electron chi connectivity index (χ3n) is 4.55. The van der Waals surface area contributed by atoms with Gasteiger partial charge < -0.3 is 24.4 Å². The fourth-order valence-corrected chi connectivity index (χ4v) is 3.14. The summed E-state index contributed by atoms with van der Waals surface area (Å²) >= 11 is 0. The molecule has 2 saturated heterocycles. The summed E-state index contributed by atoms with van der Waals surface area (Å²) in [4.78, 5) is 38.7. The van der Waals surface area contributed by atoms with E-state index in [1.807, 2.05) is 0 Å². The number of imide groups is 1. The molecule has 0 bridgehead atoms. The maximum Gasteiger partial charge on any atom is 0.417 e. The van der Waals surface area contributed by atoms with Gasteiger partial charge in [0.15, 0.2) is 6.61 Å². The van der Waals surface area contributed by atoms with E-state index in [9.17, 15) is 14.4 Å². The lowest BCUT2D eigenvalue weighted by Crippen LogP contribution is -2.49. The Morgan fingerprint density at radius 3 is 2.50 bits per heavy atom. The lowest BCUT2D eigenvalue weighted by atomic mass is 10.0. The summed E-state index contributed by atoms with van der Waals surface area (Å²) in [7, 11) is 3.07. The van der Waals surface area contributed by atoms with Crippen LogP contribution in [0.4, 0.5) is 15.3 Å². The van der Waals surface area contributed by atoms with Crippen LogP contribution in [0.2, 0.25) is 0 Å². The highest BCUT2D eigenvalue weighted by atomic mass is 16.6. The molecule has 0 spiro atoms. The van der Waals surface area contributed by atoms with Crippen molar-refractivity contribution in [1.29, 1.82) is 0 Å². The van der Waals surface area contributed by atoms with E-state index in [0.717, 1.165) is 0 Å². The maximum atomic E-state index is 12.5. The quantitative estimate of drug-likeness (QED) is 0.874. The first kappa shape index (κ1) is 17.8. The minimum Gasteiger partial charge on any atom is -0.497 e. The van der Waals surface area contributed by atoms with Crippen LogP contribution in [0.1, 0.15) is 12.8 Å². The van der Waals surface area contributed by atoms with E-state index in [1.165, 1.54) is 12.0 Å². The molecule has 0 radical (unpaired) electrons. The minimum absolute atomic E-state index is 0.198. The maximum absolute atomic E-state index is 12.5. The number of piperidine rings is 1. The first-order valence-electron chi connectivity index (χ1n) is 8.30. The Balaban J connectivity index is 1.59. The molecular formula is C17H21N3O6. The number of hydrogen-bond donors (Lipinski definition) is 1. The molecule has 0 unspecified atom stereocenters. The molecule has 0 aromatic heterocycles. The van der Waals surface area contributed by atoms with Gasteiger partial charge in [-0.3, -0.25) is 4.79 Å². The second kappa shape index (κ2) is 7.51. The molecule has 4 amide bonds. The second-order valence-corrected chi connectivity index (χ2v) is 6.03. The molecule has 1 N–H and O–H groups in total. The van der Waals surface area contributed by atoms with E-state index in [0.29, 0.717) is 43.1 Å². The highest BCUT2D eigenvalue weighted by Crippen LogP contribution is 2.29. The number of anilines is 1. The molecule has 2 aliphatic rings. The predicted octanol–water partition coefficient (Wildman–Crippen LogP) is 1.68. The van der Waals surface area contributed by atoms with E-state index in [2.05, 4.69) is 5.32 Å². The van der Waals surface area contributed by atoms with Gasteiger partial charge in [0.1, 0.15) is 11.5 Å². The van der Waals surface area contributed by atoms with Crippen LogP contribution in [-0.4, -0.2) is 67.8 Å². The Hall–Kier alpha value is -2.97. The van der Waals surface area contributed by atoms with Crippen molar-refractivity contribution in [2.24, 2.45) is 0 Å². The summed E-state index contributed by atoms with van der Waals surface area (Å²) in [6.45, 7) is 0.675. The average molecular weight is 363 g/mol. The van der Waals surface area contributed by atoms with Crippen LogP contribution in [0.5, 0.6) is 11.5 Å². The highest BCUT2D eigenvalue weighted by molar-refractivity contribution is 5.98. The standard InChI is InChI=1S/C17H21N3O6/c1-24-12-3-4-13(14(9-12)25-2)18-16(22)19-7-5-11(6-8-19)20-15(21)10-26-17(20)23/h3-4,9,11H,5-8,10H2,1-2H3,(H,18,22). The van der Waals surface area contributed by atoms with Crippen LogP contribution < -0.4 is 14.8 Å². The molecule has 9 nitrogen and oxygen atoms in total. The van der Waals surface area contributed by atoms with Crippen molar-refractivity contribution in [3.8, 4) is 11.5 Å². The van der Waals surface area contributed by atoms with Crippen molar-refractivity contribution >= 4 is 23.7 Å². The molecule has 0 saturated carbocycles. The van der Waals surface area contributed by atoms with E-state index in [4.69, 9.17) is 14.2 Å². The first-order chi connectivity index (χ1) is 12.5. The van der Waals surface area contributed by atoms with Gasteiger partial charge in [-0.25, -0.2) is 14.5 Å². The zero-order chi connectivity index (χ0) is 18.7. The molecule has 3 rings (SSSR count). The Kier molecular flexibility index (Phi) is 5.15. The van der Waals surface area contributed by atoms with Crippen LogP contribution in [0.3, 0.4) is 0 Å². The Bertz CT molecular complexity index is 698. The van der Waals surface area contributed by atoms with Gasteiger partial charge in [-0.1, -0.05) is 0 Å². The largest absolute Gasteiger partial charge is 0.497 e. The van der Waals surface area contributed by atoms with Crippen molar-refractivity contribution in [2.45, 2.75) is 18.9 Å². The van der Waals surface area contributed by atoms with Crippen molar-refractivity contribution in [3.05, 3.63) is 18.2 Å². The van der Waals surface area contributed by atoms with Crippen LogP contribution in [0.25, 0.3) is 0 Å². The number of ether oxygens (including phenoxy) is 3. The van der Waals surface area contributed by atoms with E-state index in [1.54, 1.807) is 30.2 Å². The SMILES string of the molecule is COc1ccc(NC(=O)N2CCC(N3C(=O)COC3=O)CC2)c(OC)c1. The average Bonchev–Trinajstić information content (AvgIpc) is 3.00. The number of nitrogens with zero attached hydrogens (tertiary/aromatic N) is 2. The number of nitrogens with one attached hydrogen (secondary N) is 1. The monoisotopic (exact) mass is 363 g/mol. The van der Waals surface area contributed by atoms with Gasteiger partial charge in [0.25, 0.3) is 5.91 Å².